The highest BCUT2D eigenvalue weighted by atomic mass is 16.6. The molecule has 0 saturated carbocycles. The maximum atomic E-state index is 12.0. The zero-order chi connectivity index (χ0) is 16.7. The number of aromatic nitrogens is 1. The second-order valence-electron chi connectivity index (χ2n) is 4.31. The number of hydrazone groups is 1. The Morgan fingerprint density at radius 1 is 1.30 bits per heavy atom. The highest BCUT2D eigenvalue weighted by Crippen LogP contribution is 2.15. The van der Waals surface area contributed by atoms with Crippen LogP contribution in [0.4, 0.5) is 11.4 Å². The smallest absolute Gasteiger partial charge is 0.361 e. The first kappa shape index (κ1) is 16.1. The van der Waals surface area contributed by atoms with Crippen molar-refractivity contribution in [3.8, 4) is 0 Å². The number of hydrogen-bond acceptors (Lipinski definition) is 7. The molecule has 0 amide bonds. The Morgan fingerprint density at radius 2 is 2.04 bits per heavy atom. The van der Waals surface area contributed by atoms with Gasteiger partial charge in [0.15, 0.2) is 5.71 Å². The van der Waals surface area contributed by atoms with Crippen LogP contribution in [0.3, 0.4) is 0 Å². The van der Waals surface area contributed by atoms with Gasteiger partial charge in [-0.2, -0.15) is 5.10 Å². The molecule has 0 aliphatic carbocycles. The third-order valence-electron chi connectivity index (χ3n) is 2.75. The predicted octanol–water partition coefficient (Wildman–Crippen LogP) is 2.37. The minimum absolute atomic E-state index is 0.0193. The molecule has 1 heterocycles. The van der Waals surface area contributed by atoms with Crippen LogP contribution in [0.5, 0.6) is 0 Å². The van der Waals surface area contributed by atoms with Crippen molar-refractivity contribution in [1.29, 1.82) is 0 Å². The third-order valence-corrected chi connectivity index (χ3v) is 2.75. The van der Waals surface area contributed by atoms with E-state index in [-0.39, 0.29) is 18.0 Å². The highest BCUT2D eigenvalue weighted by Gasteiger charge is 2.16. The van der Waals surface area contributed by atoms with Gasteiger partial charge in [-0.05, 0) is 31.2 Å². The summed E-state index contributed by atoms with van der Waals surface area (Å²) in [6, 6.07) is 10.7. The van der Waals surface area contributed by atoms with E-state index in [0.29, 0.717) is 11.4 Å². The van der Waals surface area contributed by atoms with Crippen LogP contribution < -0.4 is 5.43 Å². The van der Waals surface area contributed by atoms with Crippen molar-refractivity contribution < 1.29 is 14.5 Å². The Balaban J connectivity index is 2.23. The van der Waals surface area contributed by atoms with Crippen LogP contribution in [-0.4, -0.2) is 28.2 Å². The molecule has 2 rings (SSSR count). The van der Waals surface area contributed by atoms with Crippen LogP contribution in [0.2, 0.25) is 0 Å². The summed E-state index contributed by atoms with van der Waals surface area (Å²) >= 11 is 0. The fraction of sp³-hybridized carbons (Fsp3) is 0.133. The number of nitro groups is 1. The number of rotatable bonds is 6. The molecule has 0 atom stereocenters. The molecule has 8 nitrogen and oxygen atoms in total. The Hall–Kier alpha value is -3.29. The molecule has 1 N–H and O–H groups in total. The van der Waals surface area contributed by atoms with Gasteiger partial charge in [-0.3, -0.25) is 20.5 Å². The molecule has 0 aliphatic heterocycles. The maximum Gasteiger partial charge on any atom is 0.361 e. The van der Waals surface area contributed by atoms with Gasteiger partial charge in [0, 0.05) is 18.3 Å². The molecule has 1 aromatic heterocycles. The van der Waals surface area contributed by atoms with Gasteiger partial charge in [0.25, 0.3) is 5.69 Å². The first-order valence-electron chi connectivity index (χ1n) is 6.78. The molecule has 2 aromatic rings. The van der Waals surface area contributed by atoms with Gasteiger partial charge >= 0.3 is 5.97 Å². The van der Waals surface area contributed by atoms with Crippen molar-refractivity contribution in [2.75, 3.05) is 12.0 Å². The van der Waals surface area contributed by atoms with Crippen molar-refractivity contribution in [1.82, 2.24) is 4.98 Å². The fourth-order valence-electron chi connectivity index (χ4n) is 1.69. The summed E-state index contributed by atoms with van der Waals surface area (Å²) in [6.07, 6.45) is 1.54. The minimum Gasteiger partial charge on any atom is -0.461 e. The normalized spacial score (nSPS) is 10.9. The molecule has 118 valence electrons. The number of non-ortho nitro benzene ring substituents is 1. The minimum atomic E-state index is -0.611. The monoisotopic (exact) mass is 314 g/mol. The second-order valence-corrected chi connectivity index (χ2v) is 4.31. The molecular formula is C15H14N4O4. The van der Waals surface area contributed by atoms with Crippen LogP contribution in [-0.2, 0) is 9.53 Å². The molecule has 0 bridgehead atoms. The van der Waals surface area contributed by atoms with E-state index in [1.165, 1.54) is 30.5 Å². The number of ether oxygens (including phenoxy) is 1. The van der Waals surface area contributed by atoms with Crippen LogP contribution in [0.1, 0.15) is 12.6 Å². The van der Waals surface area contributed by atoms with E-state index >= 15 is 0 Å². The van der Waals surface area contributed by atoms with E-state index in [9.17, 15) is 14.9 Å². The van der Waals surface area contributed by atoms with Gasteiger partial charge < -0.3 is 4.74 Å². The lowest BCUT2D eigenvalue weighted by molar-refractivity contribution is -0.384. The summed E-state index contributed by atoms with van der Waals surface area (Å²) in [5.74, 6) is -0.611. The van der Waals surface area contributed by atoms with Gasteiger partial charge in [0.05, 0.1) is 22.9 Å². The zero-order valence-corrected chi connectivity index (χ0v) is 12.3. The van der Waals surface area contributed by atoms with E-state index < -0.39 is 10.9 Å². The number of esters is 1. The molecule has 0 spiro atoms. The molecule has 0 unspecified atom stereocenters. The number of nitrogens with zero attached hydrogens (tertiary/aromatic N) is 3. The quantitative estimate of drug-likeness (QED) is 0.379. The van der Waals surface area contributed by atoms with E-state index in [4.69, 9.17) is 4.74 Å². The van der Waals surface area contributed by atoms with Crippen molar-refractivity contribution in [3.05, 3.63) is 64.5 Å². The standard InChI is InChI=1S/C15H14N4O4/c1-2-23-15(20)14(13-5-3-4-10-16-13)18-17-11-6-8-12(9-7-11)19(21)22/h3-10,17H,2H2,1H3/b18-14+. The molecule has 23 heavy (non-hydrogen) atoms. The lowest BCUT2D eigenvalue weighted by atomic mass is 10.2. The number of benzene rings is 1. The second kappa shape index (κ2) is 7.64. The number of nitrogens with one attached hydrogen (secondary N) is 1. The van der Waals surface area contributed by atoms with Gasteiger partial charge in [0.2, 0.25) is 0 Å². The summed E-state index contributed by atoms with van der Waals surface area (Å²) < 4.78 is 4.96. The summed E-state index contributed by atoms with van der Waals surface area (Å²) in [6.45, 7) is 1.90. The fourth-order valence-corrected chi connectivity index (χ4v) is 1.69. The summed E-state index contributed by atoms with van der Waals surface area (Å²) in [7, 11) is 0. The summed E-state index contributed by atoms with van der Waals surface area (Å²) in [5.41, 5.74) is 3.52. The van der Waals surface area contributed by atoms with Crippen LogP contribution >= 0.6 is 0 Å². The van der Waals surface area contributed by atoms with Crippen molar-refractivity contribution >= 4 is 23.1 Å². The van der Waals surface area contributed by atoms with Gasteiger partial charge in [-0.1, -0.05) is 6.07 Å². The van der Waals surface area contributed by atoms with Crippen molar-refractivity contribution in [2.45, 2.75) is 6.92 Å². The molecule has 0 aliphatic rings. The molecule has 8 heteroatoms. The molecule has 0 radical (unpaired) electrons. The molecule has 1 aromatic carbocycles. The Bertz CT molecular complexity index is 714. The van der Waals surface area contributed by atoms with E-state index in [0.717, 1.165) is 0 Å². The number of hydrogen-bond donors (Lipinski definition) is 1. The van der Waals surface area contributed by atoms with Crippen LogP contribution in [0.15, 0.2) is 53.8 Å². The molecule has 0 fully saturated rings. The Labute approximate surface area is 132 Å². The lowest BCUT2D eigenvalue weighted by Gasteiger charge is -2.06. The Morgan fingerprint density at radius 3 is 2.61 bits per heavy atom. The number of anilines is 1. The van der Waals surface area contributed by atoms with E-state index in [1.807, 2.05) is 0 Å². The topological polar surface area (TPSA) is 107 Å². The first-order valence-corrected chi connectivity index (χ1v) is 6.78. The number of nitro benzene ring substituents is 1. The van der Waals surface area contributed by atoms with Crippen LogP contribution in [0, 0.1) is 10.1 Å². The van der Waals surface area contributed by atoms with Crippen molar-refractivity contribution in [3.63, 3.8) is 0 Å². The zero-order valence-electron chi connectivity index (χ0n) is 12.3. The average molecular weight is 314 g/mol. The van der Waals surface area contributed by atoms with Gasteiger partial charge in [-0.15, -0.1) is 0 Å². The van der Waals surface area contributed by atoms with Gasteiger partial charge in [-0.25, -0.2) is 4.79 Å². The SMILES string of the molecule is CCOC(=O)/C(=N/Nc1ccc([N+](=O)[O-])cc1)c1ccccn1. The lowest BCUT2D eigenvalue weighted by Crippen LogP contribution is -2.21. The maximum absolute atomic E-state index is 12.0. The average Bonchev–Trinajstić information content (AvgIpc) is 2.57. The summed E-state index contributed by atoms with van der Waals surface area (Å²) in [4.78, 5) is 26.2. The number of carbonyl (C=O) groups is 1. The largest absolute Gasteiger partial charge is 0.461 e. The van der Waals surface area contributed by atoms with Crippen molar-refractivity contribution in [2.24, 2.45) is 5.10 Å². The number of pyridine rings is 1. The third kappa shape index (κ3) is 4.34. The molecular weight excluding hydrogens is 300 g/mol. The first-order chi connectivity index (χ1) is 11.1. The van der Waals surface area contributed by atoms with E-state index in [2.05, 4.69) is 15.5 Å². The highest BCUT2D eigenvalue weighted by molar-refractivity contribution is 6.42. The molecule has 0 saturated heterocycles. The summed E-state index contributed by atoms with van der Waals surface area (Å²) in [5, 5.41) is 14.6. The Kier molecular flexibility index (Phi) is 5.35. The number of carbonyl (C=O) groups excluding carboxylic acids is 1. The van der Waals surface area contributed by atoms with Gasteiger partial charge in [0.1, 0.15) is 0 Å². The van der Waals surface area contributed by atoms with Crippen LogP contribution in [0.25, 0.3) is 0 Å². The predicted molar refractivity (Wildman–Crippen MR) is 84.1 cm³/mol. The van der Waals surface area contributed by atoms with E-state index in [1.54, 1.807) is 25.1 Å².